The number of pyridine rings is 1. The van der Waals surface area contributed by atoms with Gasteiger partial charge in [-0.05, 0) is 25.0 Å². The van der Waals surface area contributed by atoms with Crippen LogP contribution in [0.2, 0.25) is 0 Å². The quantitative estimate of drug-likeness (QED) is 0.668. The van der Waals surface area contributed by atoms with Crippen molar-refractivity contribution in [3.8, 4) is 0 Å². The Bertz CT molecular complexity index is 363. The van der Waals surface area contributed by atoms with Gasteiger partial charge < -0.3 is 4.90 Å². The summed E-state index contributed by atoms with van der Waals surface area (Å²) in [5.41, 5.74) is 0.0573. The molecule has 4 heteroatoms. The summed E-state index contributed by atoms with van der Waals surface area (Å²) in [7, 11) is 1.70. The van der Waals surface area contributed by atoms with E-state index in [4.69, 9.17) is 0 Å². The van der Waals surface area contributed by atoms with Crippen LogP contribution in [0.3, 0.4) is 0 Å². The highest BCUT2D eigenvalue weighted by atomic mass is 19.1. The van der Waals surface area contributed by atoms with E-state index in [1.54, 1.807) is 18.0 Å². The van der Waals surface area contributed by atoms with Gasteiger partial charge in [-0.2, -0.15) is 4.39 Å². The van der Waals surface area contributed by atoms with Crippen molar-refractivity contribution in [2.24, 2.45) is 0 Å². The number of aromatic nitrogens is 1. The molecule has 1 aliphatic rings. The lowest BCUT2D eigenvalue weighted by Gasteiger charge is -2.15. The van der Waals surface area contributed by atoms with Crippen LogP contribution in [-0.4, -0.2) is 28.9 Å². The molecule has 0 saturated heterocycles. The van der Waals surface area contributed by atoms with Crippen LogP contribution in [0.5, 0.6) is 0 Å². The molecule has 74 valence electrons. The number of hydrogen-bond acceptors (Lipinski definition) is 2. The van der Waals surface area contributed by atoms with Crippen LogP contribution in [0.25, 0.3) is 0 Å². The highest BCUT2D eigenvalue weighted by molar-refractivity contribution is 5.94. The molecule has 1 fully saturated rings. The largest absolute Gasteiger partial charge is 0.339 e. The van der Waals surface area contributed by atoms with Crippen LogP contribution in [0.15, 0.2) is 18.3 Å². The average molecular weight is 194 g/mol. The second-order valence-corrected chi connectivity index (χ2v) is 3.49. The van der Waals surface area contributed by atoms with E-state index in [-0.39, 0.29) is 11.5 Å². The number of nitrogens with zero attached hydrogens (tertiary/aromatic N) is 2. The van der Waals surface area contributed by atoms with E-state index in [1.165, 1.54) is 12.3 Å². The van der Waals surface area contributed by atoms with E-state index < -0.39 is 5.95 Å². The molecule has 1 aromatic heterocycles. The van der Waals surface area contributed by atoms with Crippen molar-refractivity contribution in [1.82, 2.24) is 9.88 Å². The molecule has 1 heterocycles. The fourth-order valence-corrected chi connectivity index (χ4v) is 1.36. The van der Waals surface area contributed by atoms with Gasteiger partial charge in [0.15, 0.2) is 0 Å². The normalized spacial score (nSPS) is 15.3. The Kier molecular flexibility index (Phi) is 2.19. The van der Waals surface area contributed by atoms with Gasteiger partial charge in [-0.1, -0.05) is 0 Å². The molecule has 0 radical (unpaired) electrons. The molecule has 0 aromatic carbocycles. The zero-order valence-electron chi connectivity index (χ0n) is 7.90. The summed E-state index contributed by atoms with van der Waals surface area (Å²) >= 11 is 0. The number of amides is 1. The van der Waals surface area contributed by atoms with E-state index in [0.29, 0.717) is 6.04 Å². The zero-order chi connectivity index (χ0) is 10.1. The Morgan fingerprint density at radius 2 is 2.36 bits per heavy atom. The third kappa shape index (κ3) is 1.60. The van der Waals surface area contributed by atoms with Crippen molar-refractivity contribution in [3.63, 3.8) is 0 Å². The predicted molar refractivity (Wildman–Crippen MR) is 49.3 cm³/mol. The molecule has 0 atom stereocenters. The van der Waals surface area contributed by atoms with E-state index in [0.717, 1.165) is 12.8 Å². The molecule has 0 bridgehead atoms. The van der Waals surface area contributed by atoms with Crippen LogP contribution in [0.1, 0.15) is 23.2 Å². The molecular formula is C10H11FN2O. The van der Waals surface area contributed by atoms with Crippen LogP contribution in [0.4, 0.5) is 4.39 Å². The summed E-state index contributed by atoms with van der Waals surface area (Å²) in [4.78, 5) is 16.7. The maximum atomic E-state index is 13.1. The Labute approximate surface area is 81.6 Å². The summed E-state index contributed by atoms with van der Waals surface area (Å²) < 4.78 is 13.1. The van der Waals surface area contributed by atoms with Gasteiger partial charge in [0, 0.05) is 19.3 Å². The van der Waals surface area contributed by atoms with Crippen molar-refractivity contribution in [1.29, 1.82) is 0 Å². The Morgan fingerprint density at radius 1 is 1.64 bits per heavy atom. The summed E-state index contributed by atoms with van der Waals surface area (Å²) in [5.74, 6) is -0.969. The number of halogens is 1. The molecular weight excluding hydrogens is 183 g/mol. The van der Waals surface area contributed by atoms with Gasteiger partial charge in [-0.25, -0.2) is 4.98 Å². The molecule has 2 rings (SSSR count). The van der Waals surface area contributed by atoms with E-state index >= 15 is 0 Å². The van der Waals surface area contributed by atoms with Crippen LogP contribution < -0.4 is 0 Å². The van der Waals surface area contributed by atoms with Crippen molar-refractivity contribution in [2.45, 2.75) is 18.9 Å². The minimum absolute atomic E-state index is 0.0573. The topological polar surface area (TPSA) is 33.2 Å². The summed E-state index contributed by atoms with van der Waals surface area (Å²) in [5, 5.41) is 0. The summed E-state index contributed by atoms with van der Waals surface area (Å²) in [6.07, 6.45) is 3.37. The number of rotatable bonds is 2. The first-order valence-electron chi connectivity index (χ1n) is 4.58. The smallest absolute Gasteiger partial charge is 0.258 e. The second kappa shape index (κ2) is 3.36. The lowest BCUT2D eigenvalue weighted by Crippen LogP contribution is -2.29. The second-order valence-electron chi connectivity index (χ2n) is 3.49. The van der Waals surface area contributed by atoms with Crippen molar-refractivity contribution >= 4 is 5.91 Å². The maximum Gasteiger partial charge on any atom is 0.258 e. The lowest BCUT2D eigenvalue weighted by molar-refractivity contribution is 0.0779. The highest BCUT2D eigenvalue weighted by Crippen LogP contribution is 2.26. The molecule has 0 aliphatic heterocycles. The SMILES string of the molecule is CN(C(=O)c1cccnc1F)C1CC1. The monoisotopic (exact) mass is 194 g/mol. The molecule has 1 aliphatic carbocycles. The number of carbonyl (C=O) groups is 1. The van der Waals surface area contributed by atoms with Gasteiger partial charge in [0.2, 0.25) is 5.95 Å². The molecule has 0 unspecified atom stereocenters. The predicted octanol–water partition coefficient (Wildman–Crippen LogP) is 1.46. The first kappa shape index (κ1) is 9.12. The molecule has 1 saturated carbocycles. The zero-order valence-corrected chi connectivity index (χ0v) is 7.90. The number of hydrogen-bond donors (Lipinski definition) is 0. The van der Waals surface area contributed by atoms with Crippen LogP contribution in [0, 0.1) is 5.95 Å². The third-order valence-electron chi connectivity index (χ3n) is 2.40. The lowest BCUT2D eigenvalue weighted by atomic mass is 10.2. The highest BCUT2D eigenvalue weighted by Gasteiger charge is 2.31. The average Bonchev–Trinajstić information content (AvgIpc) is 3.00. The molecule has 1 aromatic rings. The Balaban J connectivity index is 2.21. The van der Waals surface area contributed by atoms with Gasteiger partial charge in [0.1, 0.15) is 0 Å². The van der Waals surface area contributed by atoms with E-state index in [1.807, 2.05) is 0 Å². The third-order valence-corrected chi connectivity index (χ3v) is 2.40. The van der Waals surface area contributed by atoms with Gasteiger partial charge in [-0.15, -0.1) is 0 Å². The molecule has 0 N–H and O–H groups in total. The molecule has 14 heavy (non-hydrogen) atoms. The van der Waals surface area contributed by atoms with Crippen LogP contribution >= 0.6 is 0 Å². The Morgan fingerprint density at radius 3 is 2.93 bits per heavy atom. The van der Waals surface area contributed by atoms with Gasteiger partial charge in [0.05, 0.1) is 5.56 Å². The minimum atomic E-state index is -0.690. The first-order chi connectivity index (χ1) is 6.70. The summed E-state index contributed by atoms with van der Waals surface area (Å²) in [6.45, 7) is 0. The van der Waals surface area contributed by atoms with E-state index in [9.17, 15) is 9.18 Å². The summed E-state index contributed by atoms with van der Waals surface area (Å²) in [6, 6.07) is 3.32. The Hall–Kier alpha value is -1.45. The molecule has 3 nitrogen and oxygen atoms in total. The van der Waals surface area contributed by atoms with Crippen molar-refractivity contribution < 1.29 is 9.18 Å². The minimum Gasteiger partial charge on any atom is -0.339 e. The van der Waals surface area contributed by atoms with Gasteiger partial charge >= 0.3 is 0 Å². The first-order valence-corrected chi connectivity index (χ1v) is 4.58. The van der Waals surface area contributed by atoms with Crippen molar-refractivity contribution in [2.75, 3.05) is 7.05 Å². The van der Waals surface area contributed by atoms with Gasteiger partial charge in [0.25, 0.3) is 5.91 Å². The maximum absolute atomic E-state index is 13.1. The van der Waals surface area contributed by atoms with Gasteiger partial charge in [-0.3, -0.25) is 4.79 Å². The molecule has 1 amide bonds. The van der Waals surface area contributed by atoms with Crippen LogP contribution in [-0.2, 0) is 0 Å². The fourth-order valence-electron chi connectivity index (χ4n) is 1.36. The molecule has 0 spiro atoms. The number of carbonyl (C=O) groups excluding carboxylic acids is 1. The van der Waals surface area contributed by atoms with Crippen molar-refractivity contribution in [3.05, 3.63) is 29.8 Å². The van der Waals surface area contributed by atoms with E-state index in [2.05, 4.69) is 4.98 Å². The fraction of sp³-hybridized carbons (Fsp3) is 0.400. The standard InChI is InChI=1S/C10H11FN2O/c1-13(7-4-5-7)10(14)8-3-2-6-12-9(8)11/h2-3,6-7H,4-5H2,1H3.